The van der Waals surface area contributed by atoms with E-state index in [1.165, 1.54) is 0 Å². The lowest BCUT2D eigenvalue weighted by Crippen LogP contribution is -2.30. The third kappa shape index (κ3) is 3.43. The summed E-state index contributed by atoms with van der Waals surface area (Å²) in [6.07, 6.45) is 2.01. The second-order valence-corrected chi connectivity index (χ2v) is 9.57. The number of aromatic nitrogens is 3. The fourth-order valence-electron chi connectivity index (χ4n) is 4.28. The number of hydrogen-bond acceptors (Lipinski definition) is 5. The molecule has 3 heterocycles. The number of nitrogens with one attached hydrogen (secondary N) is 1. The van der Waals surface area contributed by atoms with Gasteiger partial charge in [0.05, 0.1) is 31.2 Å². The minimum Gasteiger partial charge on any atom is -0.324 e. The molecule has 0 saturated carbocycles. The first kappa shape index (κ1) is 23.1. The number of carbonyl (C=O) groups excluding carboxylic acids is 2. The van der Waals surface area contributed by atoms with Crippen molar-refractivity contribution in [1.82, 2.24) is 14.8 Å². The molecule has 0 fully saturated rings. The number of allylic oxidation sites excluding steroid dienone is 1. The van der Waals surface area contributed by atoms with Gasteiger partial charge in [-0.1, -0.05) is 107 Å². The third-order valence-electron chi connectivity index (χ3n) is 5.98. The van der Waals surface area contributed by atoms with E-state index in [1.807, 2.05) is 66.7 Å². The van der Waals surface area contributed by atoms with Crippen molar-refractivity contribution in [3.05, 3.63) is 109 Å². The SMILES string of the molecule is O=C1c2c(Cl)c(Cl)c(Cl)c(Cl)c2C(=O)N1c1nc2n(n1)[C@@H](c1ccccc1)C=C(c1ccccc1)N2. The Kier molecular flexibility index (Phi) is 5.53. The molecule has 2 aliphatic heterocycles. The number of benzene rings is 3. The van der Waals surface area contributed by atoms with Gasteiger partial charge in [-0.15, -0.1) is 5.10 Å². The van der Waals surface area contributed by atoms with Crippen LogP contribution in [0.25, 0.3) is 5.70 Å². The van der Waals surface area contributed by atoms with Crippen molar-refractivity contribution in [2.75, 3.05) is 10.2 Å². The van der Waals surface area contributed by atoms with E-state index >= 15 is 0 Å². The number of fused-ring (bicyclic) bond motifs is 2. The molecule has 0 radical (unpaired) electrons. The first-order valence-corrected chi connectivity index (χ1v) is 12.2. The zero-order valence-corrected chi connectivity index (χ0v) is 21.1. The van der Waals surface area contributed by atoms with Gasteiger partial charge in [-0.2, -0.15) is 4.98 Å². The molecular weight excluding hydrogens is 544 g/mol. The number of hydrogen-bond donors (Lipinski definition) is 1. The van der Waals surface area contributed by atoms with E-state index in [9.17, 15) is 9.59 Å². The van der Waals surface area contributed by atoms with E-state index in [0.717, 1.165) is 21.7 Å². The molecule has 4 aromatic rings. The topological polar surface area (TPSA) is 80.1 Å². The molecule has 1 aromatic heterocycles. The van der Waals surface area contributed by atoms with E-state index in [-0.39, 0.29) is 43.2 Å². The second kappa shape index (κ2) is 8.64. The Morgan fingerprint density at radius 3 is 1.89 bits per heavy atom. The van der Waals surface area contributed by atoms with Crippen LogP contribution in [0.15, 0.2) is 66.7 Å². The van der Waals surface area contributed by atoms with Crippen LogP contribution >= 0.6 is 46.4 Å². The Morgan fingerprint density at radius 1 is 0.750 bits per heavy atom. The lowest BCUT2D eigenvalue weighted by Gasteiger charge is -2.24. The molecule has 2 amide bonds. The summed E-state index contributed by atoms with van der Waals surface area (Å²) in [6, 6.07) is 19.1. The molecule has 7 nitrogen and oxygen atoms in total. The van der Waals surface area contributed by atoms with E-state index in [2.05, 4.69) is 15.4 Å². The predicted molar refractivity (Wildman–Crippen MR) is 140 cm³/mol. The van der Waals surface area contributed by atoms with Gasteiger partial charge in [0, 0.05) is 5.70 Å². The van der Waals surface area contributed by atoms with Crippen LogP contribution in [0.2, 0.25) is 20.1 Å². The molecule has 0 saturated heterocycles. The summed E-state index contributed by atoms with van der Waals surface area (Å²) < 4.78 is 1.61. The molecule has 178 valence electrons. The molecule has 1 atom stereocenters. The number of carbonyl (C=O) groups is 2. The zero-order chi connectivity index (χ0) is 25.1. The molecule has 1 N–H and O–H groups in total. The average Bonchev–Trinajstić information content (AvgIpc) is 3.44. The standard InChI is InChI=1S/C25H13Cl4N5O2/c26-18-16-17(19(27)21(29)20(18)28)23(36)33(22(16)35)25-31-24-30-14(12-7-3-1-4-8-12)11-15(34(24)32-25)13-9-5-2-6-10-13/h1-11,15H,(H,30,31,32)/t15-/m1/s1. The van der Waals surface area contributed by atoms with Gasteiger partial charge in [0.25, 0.3) is 17.8 Å². The highest BCUT2D eigenvalue weighted by Crippen LogP contribution is 2.45. The van der Waals surface area contributed by atoms with Crippen molar-refractivity contribution in [1.29, 1.82) is 0 Å². The van der Waals surface area contributed by atoms with Gasteiger partial charge >= 0.3 is 0 Å². The monoisotopic (exact) mass is 555 g/mol. The predicted octanol–water partition coefficient (Wildman–Crippen LogP) is 6.75. The Labute approximate surface area is 224 Å². The fraction of sp³-hybridized carbons (Fsp3) is 0.0400. The second-order valence-electron chi connectivity index (χ2n) is 8.06. The molecular formula is C25H13Cl4N5O2. The van der Waals surface area contributed by atoms with Gasteiger partial charge < -0.3 is 5.32 Å². The largest absolute Gasteiger partial charge is 0.324 e. The van der Waals surface area contributed by atoms with Gasteiger partial charge in [0.15, 0.2) is 0 Å². The van der Waals surface area contributed by atoms with Gasteiger partial charge in [-0.05, 0) is 17.2 Å². The molecule has 0 unspecified atom stereocenters. The highest BCUT2D eigenvalue weighted by Gasteiger charge is 2.45. The van der Waals surface area contributed by atoms with Crippen molar-refractivity contribution in [2.24, 2.45) is 0 Å². The van der Waals surface area contributed by atoms with E-state index in [0.29, 0.717) is 5.95 Å². The van der Waals surface area contributed by atoms with Crippen LogP contribution in [-0.4, -0.2) is 26.6 Å². The van der Waals surface area contributed by atoms with Crippen LogP contribution in [0, 0.1) is 0 Å². The minimum absolute atomic E-state index is 0.107. The van der Waals surface area contributed by atoms with Crippen LogP contribution in [0.4, 0.5) is 11.9 Å². The highest BCUT2D eigenvalue weighted by atomic mass is 35.5. The van der Waals surface area contributed by atoms with E-state index in [4.69, 9.17) is 46.4 Å². The molecule has 36 heavy (non-hydrogen) atoms. The van der Waals surface area contributed by atoms with Gasteiger partial charge in [0.1, 0.15) is 6.04 Å². The number of halogens is 4. The average molecular weight is 557 g/mol. The summed E-state index contributed by atoms with van der Waals surface area (Å²) in [5.41, 5.74) is 2.42. The molecule has 0 bridgehead atoms. The van der Waals surface area contributed by atoms with Crippen molar-refractivity contribution in [3.63, 3.8) is 0 Å². The summed E-state index contributed by atoms with van der Waals surface area (Å²) in [5.74, 6) is -1.26. The Balaban J connectivity index is 1.47. The van der Waals surface area contributed by atoms with Gasteiger partial charge in [-0.25, -0.2) is 9.58 Å². The van der Waals surface area contributed by atoms with Crippen molar-refractivity contribution in [2.45, 2.75) is 6.04 Å². The number of imide groups is 1. The minimum atomic E-state index is -0.740. The maximum Gasteiger partial charge on any atom is 0.270 e. The van der Waals surface area contributed by atoms with E-state index in [1.54, 1.807) is 4.68 Å². The van der Waals surface area contributed by atoms with Crippen LogP contribution in [0.1, 0.15) is 37.9 Å². The summed E-state index contributed by atoms with van der Waals surface area (Å²) in [6.45, 7) is 0. The number of amides is 2. The fourth-order valence-corrected chi connectivity index (χ4v) is 5.30. The van der Waals surface area contributed by atoms with Crippen molar-refractivity contribution >= 4 is 75.8 Å². The number of nitrogens with zero attached hydrogens (tertiary/aromatic N) is 4. The van der Waals surface area contributed by atoms with Gasteiger partial charge in [0.2, 0.25) is 5.95 Å². The highest BCUT2D eigenvalue weighted by molar-refractivity contribution is 6.56. The van der Waals surface area contributed by atoms with Crippen LogP contribution in [-0.2, 0) is 0 Å². The normalized spacial score (nSPS) is 16.5. The smallest absolute Gasteiger partial charge is 0.270 e. The Morgan fingerprint density at radius 2 is 1.31 bits per heavy atom. The third-order valence-corrected chi connectivity index (χ3v) is 7.78. The maximum absolute atomic E-state index is 13.3. The molecule has 3 aromatic carbocycles. The molecule has 2 aliphatic rings. The first-order chi connectivity index (χ1) is 17.4. The van der Waals surface area contributed by atoms with Crippen LogP contribution < -0.4 is 10.2 Å². The first-order valence-electron chi connectivity index (χ1n) is 10.7. The summed E-state index contributed by atoms with van der Waals surface area (Å²) in [4.78, 5) is 32.0. The number of anilines is 2. The summed E-state index contributed by atoms with van der Waals surface area (Å²) in [5, 5.41) is 7.27. The maximum atomic E-state index is 13.3. The lowest BCUT2D eigenvalue weighted by atomic mass is 10.0. The summed E-state index contributed by atoms with van der Waals surface area (Å²) in [7, 11) is 0. The quantitative estimate of drug-likeness (QED) is 0.171. The van der Waals surface area contributed by atoms with Crippen LogP contribution in [0.5, 0.6) is 0 Å². The van der Waals surface area contributed by atoms with E-state index < -0.39 is 11.8 Å². The molecule has 0 aliphatic carbocycles. The number of rotatable bonds is 3. The Bertz CT molecular complexity index is 1560. The molecule has 11 heteroatoms. The Hall–Kier alpha value is -3.36. The van der Waals surface area contributed by atoms with Crippen molar-refractivity contribution in [3.8, 4) is 0 Å². The van der Waals surface area contributed by atoms with Gasteiger partial charge in [-0.3, -0.25) is 9.59 Å². The lowest BCUT2D eigenvalue weighted by molar-refractivity contribution is 0.0924. The summed E-state index contributed by atoms with van der Waals surface area (Å²) >= 11 is 24.8. The molecule has 0 spiro atoms. The molecule has 6 rings (SSSR count). The van der Waals surface area contributed by atoms with Crippen LogP contribution in [0.3, 0.4) is 0 Å². The zero-order valence-electron chi connectivity index (χ0n) is 18.0. The van der Waals surface area contributed by atoms with Crippen molar-refractivity contribution < 1.29 is 9.59 Å².